The molecule has 0 fully saturated rings. The number of rotatable bonds is 12. The van der Waals surface area contributed by atoms with Gasteiger partial charge < -0.3 is 19.0 Å². The number of aliphatic hydroxyl groups is 1. The number of anilines is 1. The van der Waals surface area contributed by atoms with Crippen LogP contribution in [0.4, 0.5) is 5.95 Å². The van der Waals surface area contributed by atoms with E-state index in [1.807, 2.05) is 6.07 Å². The van der Waals surface area contributed by atoms with Crippen LogP contribution in [0.3, 0.4) is 0 Å². The van der Waals surface area contributed by atoms with Gasteiger partial charge in [0.15, 0.2) is 5.76 Å². The van der Waals surface area contributed by atoms with Crippen molar-refractivity contribution in [1.29, 1.82) is 5.26 Å². The van der Waals surface area contributed by atoms with Crippen LogP contribution in [-0.4, -0.2) is 67.4 Å². The lowest BCUT2D eigenvalue weighted by atomic mass is 10.1. The Morgan fingerprint density at radius 3 is 2.28 bits per heavy atom. The van der Waals surface area contributed by atoms with E-state index in [4.69, 9.17) is 19.2 Å². The molecule has 0 aliphatic rings. The van der Waals surface area contributed by atoms with Crippen LogP contribution < -0.4 is 13.8 Å². The standard InChI is InChI=1S/C29H36N6O6SSi/c1-19-11-14-25(41-19)28-32-33-29(35(28)26-23(39-3)9-8-10-24(26)40-4)34(15-16-43(5,6)7)42(37,38)20(2)27(36)22-13-12-21(17-30)18-31-22/h8-14,18,20,27,36H,15-16H2,1-7H3/t20-,27+/m0/s1. The van der Waals surface area contributed by atoms with E-state index >= 15 is 0 Å². The summed E-state index contributed by atoms with van der Waals surface area (Å²) in [6.45, 7) is 9.72. The van der Waals surface area contributed by atoms with E-state index in [9.17, 15) is 13.5 Å². The van der Waals surface area contributed by atoms with Crippen molar-refractivity contribution >= 4 is 24.0 Å². The Morgan fingerprint density at radius 1 is 1.09 bits per heavy atom. The van der Waals surface area contributed by atoms with Gasteiger partial charge in [0.1, 0.15) is 40.4 Å². The topological polar surface area (TPSA) is 157 Å². The molecular weight excluding hydrogens is 589 g/mol. The number of sulfonamides is 1. The number of hydrogen-bond donors (Lipinski definition) is 1. The smallest absolute Gasteiger partial charge is 0.246 e. The fourth-order valence-corrected chi connectivity index (χ4v) is 7.05. The molecule has 0 saturated heterocycles. The zero-order valence-electron chi connectivity index (χ0n) is 25.3. The second-order valence-corrected chi connectivity index (χ2v) is 19.1. The van der Waals surface area contributed by atoms with Crippen molar-refractivity contribution in [3.8, 4) is 34.8 Å². The molecule has 1 N–H and O–H groups in total. The maximum absolute atomic E-state index is 14.5. The third-order valence-corrected chi connectivity index (χ3v) is 10.8. The first-order valence-electron chi connectivity index (χ1n) is 13.6. The van der Waals surface area contributed by atoms with Gasteiger partial charge in [0, 0.05) is 20.8 Å². The predicted molar refractivity (Wildman–Crippen MR) is 165 cm³/mol. The number of para-hydroxylation sites is 1. The van der Waals surface area contributed by atoms with Crippen LogP contribution in [0.15, 0.2) is 53.1 Å². The molecule has 0 aliphatic heterocycles. The number of methoxy groups -OCH3 is 2. The summed E-state index contributed by atoms with van der Waals surface area (Å²) in [5, 5.41) is 27.8. The van der Waals surface area contributed by atoms with Gasteiger partial charge in [0.25, 0.3) is 0 Å². The van der Waals surface area contributed by atoms with Crippen molar-refractivity contribution in [3.63, 3.8) is 0 Å². The van der Waals surface area contributed by atoms with Crippen LogP contribution in [0, 0.1) is 18.3 Å². The van der Waals surface area contributed by atoms with Gasteiger partial charge in [0.2, 0.25) is 21.8 Å². The van der Waals surface area contributed by atoms with Crippen LogP contribution >= 0.6 is 0 Å². The molecule has 14 heteroatoms. The summed E-state index contributed by atoms with van der Waals surface area (Å²) in [5.74, 6) is 2.00. The molecule has 43 heavy (non-hydrogen) atoms. The number of nitrogens with zero attached hydrogens (tertiary/aromatic N) is 6. The monoisotopic (exact) mass is 624 g/mol. The molecule has 12 nitrogen and oxygen atoms in total. The number of pyridine rings is 1. The SMILES string of the molecule is COc1cccc(OC)c1-n1c(-c2ccc(C)o2)nnc1N(CC[Si](C)(C)C)S(=O)(=O)[C@@H](C)[C@@H](O)c1ccc(C#N)cn1. The number of nitriles is 1. The van der Waals surface area contributed by atoms with E-state index in [0.717, 1.165) is 0 Å². The lowest BCUT2D eigenvalue weighted by molar-refractivity contribution is 0.171. The second-order valence-electron chi connectivity index (χ2n) is 11.2. The maximum Gasteiger partial charge on any atom is 0.246 e. The van der Waals surface area contributed by atoms with E-state index in [1.165, 1.54) is 43.8 Å². The molecule has 1 aromatic carbocycles. The Hall–Kier alpha value is -4.19. The zero-order valence-corrected chi connectivity index (χ0v) is 27.1. The summed E-state index contributed by atoms with van der Waals surface area (Å²) < 4.78 is 48.9. The minimum Gasteiger partial charge on any atom is -0.494 e. The Kier molecular flexibility index (Phi) is 9.28. The molecule has 0 aliphatic carbocycles. The highest BCUT2D eigenvalue weighted by Crippen LogP contribution is 2.40. The molecule has 3 aromatic heterocycles. The number of aryl methyl sites for hydroxylation is 1. The lowest BCUT2D eigenvalue weighted by Crippen LogP contribution is -2.44. The molecule has 4 rings (SSSR count). The first-order chi connectivity index (χ1) is 20.3. The van der Waals surface area contributed by atoms with E-state index in [1.54, 1.807) is 41.8 Å². The van der Waals surface area contributed by atoms with Gasteiger partial charge in [-0.25, -0.2) is 12.7 Å². The lowest BCUT2D eigenvalue weighted by Gasteiger charge is -2.31. The van der Waals surface area contributed by atoms with Crippen molar-refractivity contribution in [1.82, 2.24) is 19.7 Å². The number of hydrogen-bond acceptors (Lipinski definition) is 10. The Morgan fingerprint density at radius 2 is 1.77 bits per heavy atom. The molecule has 0 amide bonds. The highest BCUT2D eigenvalue weighted by atomic mass is 32.2. The second kappa shape index (κ2) is 12.6. The number of aliphatic hydroxyl groups excluding tert-OH is 1. The fraction of sp³-hybridized carbons (Fsp3) is 0.379. The van der Waals surface area contributed by atoms with Crippen molar-refractivity contribution in [2.45, 2.75) is 50.9 Å². The molecular formula is C29H36N6O6SSi. The Labute approximate surface area is 252 Å². The van der Waals surface area contributed by atoms with Crippen LogP contribution in [0.5, 0.6) is 11.5 Å². The molecule has 2 atom stereocenters. The third kappa shape index (κ3) is 6.58. The van der Waals surface area contributed by atoms with Gasteiger partial charge in [-0.2, -0.15) is 5.26 Å². The van der Waals surface area contributed by atoms with E-state index in [0.29, 0.717) is 40.3 Å². The average molecular weight is 625 g/mol. The summed E-state index contributed by atoms with van der Waals surface area (Å²) in [7, 11) is -3.10. The van der Waals surface area contributed by atoms with Gasteiger partial charge >= 0.3 is 0 Å². The van der Waals surface area contributed by atoms with E-state index in [2.05, 4.69) is 34.8 Å². The van der Waals surface area contributed by atoms with E-state index < -0.39 is 29.5 Å². The minimum atomic E-state index is -4.31. The highest BCUT2D eigenvalue weighted by Gasteiger charge is 2.40. The summed E-state index contributed by atoms with van der Waals surface area (Å²) in [5.41, 5.74) is 0.800. The van der Waals surface area contributed by atoms with Gasteiger partial charge in [0.05, 0.1) is 25.5 Å². The van der Waals surface area contributed by atoms with Crippen molar-refractivity contribution in [3.05, 3.63) is 65.7 Å². The van der Waals surface area contributed by atoms with E-state index in [-0.39, 0.29) is 24.0 Å². The maximum atomic E-state index is 14.5. The third-order valence-electron chi connectivity index (χ3n) is 6.96. The highest BCUT2D eigenvalue weighted by molar-refractivity contribution is 7.93. The summed E-state index contributed by atoms with van der Waals surface area (Å²) in [6.07, 6.45) is -0.195. The zero-order chi connectivity index (χ0) is 31.5. The molecule has 0 spiro atoms. The fourth-order valence-electron chi connectivity index (χ4n) is 4.44. The molecule has 4 aromatic rings. The van der Waals surface area contributed by atoms with Crippen LogP contribution in [0.25, 0.3) is 17.3 Å². The average Bonchev–Trinajstić information content (AvgIpc) is 3.61. The van der Waals surface area contributed by atoms with Crippen LogP contribution in [0.2, 0.25) is 25.7 Å². The number of benzene rings is 1. The number of furan rings is 1. The molecule has 228 valence electrons. The Bertz CT molecular complexity index is 1700. The van der Waals surface area contributed by atoms with Gasteiger partial charge in [-0.05, 0) is 56.3 Å². The van der Waals surface area contributed by atoms with Crippen molar-refractivity contribution in [2.24, 2.45) is 0 Å². The predicted octanol–water partition coefficient (Wildman–Crippen LogP) is 4.72. The van der Waals surface area contributed by atoms with Crippen LogP contribution in [0.1, 0.15) is 30.0 Å². The number of ether oxygens (including phenoxy) is 2. The molecule has 0 bridgehead atoms. The van der Waals surface area contributed by atoms with Gasteiger partial charge in [-0.15, -0.1) is 10.2 Å². The van der Waals surface area contributed by atoms with Crippen LogP contribution in [-0.2, 0) is 10.0 Å². The quantitative estimate of drug-likeness (QED) is 0.219. The molecule has 0 saturated carbocycles. The first-order valence-corrected chi connectivity index (χ1v) is 18.8. The molecule has 3 heterocycles. The van der Waals surface area contributed by atoms with Crippen molar-refractivity contribution < 1.29 is 27.4 Å². The summed E-state index contributed by atoms with van der Waals surface area (Å²) >= 11 is 0. The molecule has 0 unspecified atom stereocenters. The van der Waals surface area contributed by atoms with Gasteiger partial charge in [-0.1, -0.05) is 25.7 Å². The summed E-state index contributed by atoms with van der Waals surface area (Å²) in [6, 6.07) is 14.2. The van der Waals surface area contributed by atoms with Crippen molar-refractivity contribution in [2.75, 3.05) is 25.1 Å². The first kappa shape index (κ1) is 31.7. The Balaban J connectivity index is 1.95. The minimum absolute atomic E-state index is 0.0167. The number of aromatic nitrogens is 4. The largest absolute Gasteiger partial charge is 0.494 e. The van der Waals surface area contributed by atoms with Gasteiger partial charge in [-0.3, -0.25) is 9.55 Å². The molecule has 0 radical (unpaired) electrons. The summed E-state index contributed by atoms with van der Waals surface area (Å²) in [4.78, 5) is 4.13. The normalized spacial score (nSPS) is 13.3.